The fraction of sp³-hybridized carbons (Fsp3) is 0.375. The molecule has 25 heavy (non-hydrogen) atoms. The van der Waals surface area contributed by atoms with Gasteiger partial charge in [-0.1, -0.05) is 40.0 Å². The van der Waals surface area contributed by atoms with Gasteiger partial charge in [0.1, 0.15) is 11.3 Å². The third-order valence-corrected chi connectivity index (χ3v) is 4.86. The van der Waals surface area contributed by atoms with E-state index in [-0.39, 0.29) is 33.7 Å². The molecule has 1 aliphatic rings. The Kier molecular flexibility index (Phi) is 5.27. The Morgan fingerprint density at radius 3 is 2.44 bits per heavy atom. The summed E-state index contributed by atoms with van der Waals surface area (Å²) >= 11 is 18.5. The molecule has 9 heteroatoms. The summed E-state index contributed by atoms with van der Waals surface area (Å²) in [5.41, 5.74) is -0.0947. The first kappa shape index (κ1) is 18.5. The van der Waals surface area contributed by atoms with E-state index in [1.54, 1.807) is 14.0 Å². The summed E-state index contributed by atoms with van der Waals surface area (Å²) in [6.45, 7) is 2.87. The zero-order valence-corrected chi connectivity index (χ0v) is 15.8. The summed E-state index contributed by atoms with van der Waals surface area (Å²) in [5.74, 6) is -0.302. The average molecular weight is 406 g/mol. The maximum absolute atomic E-state index is 12.6. The predicted molar refractivity (Wildman–Crippen MR) is 94.5 cm³/mol. The van der Waals surface area contributed by atoms with E-state index in [1.807, 2.05) is 0 Å². The van der Waals surface area contributed by atoms with Crippen LogP contribution >= 0.6 is 34.8 Å². The van der Waals surface area contributed by atoms with Crippen LogP contribution in [0.15, 0.2) is 16.7 Å². The van der Waals surface area contributed by atoms with Crippen molar-refractivity contribution in [1.82, 2.24) is 10.5 Å². The standard InChI is InChI=1S/C16H15Cl3N2O4/c1-3-24-15(22)12-13(11-9(18)4-8(17)5-10(11)19)21-25-14(12)16(23-2)6-20-7-16/h4-5,20H,3,6-7H2,1-2H3. The van der Waals surface area contributed by atoms with Crippen LogP contribution in [0.25, 0.3) is 11.3 Å². The topological polar surface area (TPSA) is 73.6 Å². The molecule has 0 atom stereocenters. The summed E-state index contributed by atoms with van der Waals surface area (Å²) in [4.78, 5) is 12.6. The van der Waals surface area contributed by atoms with Crippen LogP contribution in [0, 0.1) is 0 Å². The number of rotatable bonds is 5. The Balaban J connectivity index is 2.22. The minimum atomic E-state index is -0.793. The van der Waals surface area contributed by atoms with E-state index in [2.05, 4.69) is 10.5 Å². The first-order valence-electron chi connectivity index (χ1n) is 7.51. The summed E-state index contributed by atoms with van der Waals surface area (Å²) in [6.07, 6.45) is 0. The fourth-order valence-corrected chi connectivity index (χ4v) is 3.68. The highest BCUT2D eigenvalue weighted by Gasteiger charge is 2.47. The highest BCUT2D eigenvalue weighted by molar-refractivity contribution is 6.42. The third kappa shape index (κ3) is 3.13. The number of ether oxygens (including phenoxy) is 2. The van der Waals surface area contributed by atoms with Crippen LogP contribution in [0.3, 0.4) is 0 Å². The number of benzene rings is 1. The molecule has 0 radical (unpaired) electrons. The molecule has 3 rings (SSSR count). The minimum Gasteiger partial charge on any atom is -0.462 e. The Hall–Kier alpha value is -1.31. The quantitative estimate of drug-likeness (QED) is 0.760. The largest absolute Gasteiger partial charge is 0.462 e. The molecule has 134 valence electrons. The summed E-state index contributed by atoms with van der Waals surface area (Å²) in [5, 5.41) is 8.01. The molecule has 2 aromatic rings. The molecular formula is C16H15Cl3N2O4. The number of carbonyl (C=O) groups excluding carboxylic acids is 1. The van der Waals surface area contributed by atoms with Crippen LogP contribution in [-0.2, 0) is 15.1 Å². The Morgan fingerprint density at radius 1 is 1.32 bits per heavy atom. The summed E-state index contributed by atoms with van der Waals surface area (Å²) in [7, 11) is 1.54. The number of aromatic nitrogens is 1. The van der Waals surface area contributed by atoms with E-state index in [9.17, 15) is 4.79 Å². The lowest BCUT2D eigenvalue weighted by molar-refractivity contribution is -0.0756. The first-order chi connectivity index (χ1) is 11.9. The number of hydrogen-bond acceptors (Lipinski definition) is 6. The lowest BCUT2D eigenvalue weighted by atomic mass is 9.89. The zero-order valence-electron chi connectivity index (χ0n) is 13.5. The fourth-order valence-electron chi connectivity index (χ4n) is 2.68. The van der Waals surface area contributed by atoms with E-state index in [1.165, 1.54) is 12.1 Å². The van der Waals surface area contributed by atoms with Crippen LogP contribution in [0.1, 0.15) is 23.0 Å². The number of nitrogens with one attached hydrogen (secondary N) is 1. The molecule has 6 nitrogen and oxygen atoms in total. The van der Waals surface area contributed by atoms with Gasteiger partial charge in [-0.3, -0.25) is 0 Å². The van der Waals surface area contributed by atoms with E-state index in [0.29, 0.717) is 23.7 Å². The molecule has 0 amide bonds. The number of esters is 1. The van der Waals surface area contributed by atoms with E-state index >= 15 is 0 Å². The Morgan fingerprint density at radius 2 is 1.96 bits per heavy atom. The molecule has 2 heterocycles. The zero-order chi connectivity index (χ0) is 18.2. The molecule has 1 fully saturated rings. The molecule has 0 unspecified atom stereocenters. The van der Waals surface area contributed by atoms with Gasteiger partial charge in [-0.25, -0.2) is 4.79 Å². The van der Waals surface area contributed by atoms with Crippen molar-refractivity contribution < 1.29 is 18.8 Å². The third-order valence-electron chi connectivity index (χ3n) is 4.04. The van der Waals surface area contributed by atoms with Gasteiger partial charge in [0.05, 0.1) is 16.7 Å². The molecule has 1 aliphatic heterocycles. The van der Waals surface area contributed by atoms with Gasteiger partial charge in [0.25, 0.3) is 0 Å². The van der Waals surface area contributed by atoms with Crippen molar-refractivity contribution in [2.75, 3.05) is 26.8 Å². The smallest absolute Gasteiger partial charge is 0.344 e. The molecule has 0 bridgehead atoms. The number of halogens is 3. The van der Waals surface area contributed by atoms with Crippen LogP contribution in [0.4, 0.5) is 0 Å². The Labute approximate surface area is 159 Å². The van der Waals surface area contributed by atoms with Gasteiger partial charge in [-0.05, 0) is 19.1 Å². The lowest BCUT2D eigenvalue weighted by Crippen LogP contribution is -2.58. The normalized spacial score (nSPS) is 15.7. The molecule has 1 aromatic carbocycles. The monoisotopic (exact) mass is 404 g/mol. The highest BCUT2D eigenvalue weighted by Crippen LogP contribution is 2.42. The van der Waals surface area contributed by atoms with Crippen LogP contribution in [0.2, 0.25) is 15.1 Å². The SMILES string of the molecule is CCOC(=O)c1c(-c2c(Cl)cc(Cl)cc2Cl)noc1C1(OC)CNC1. The molecular weight excluding hydrogens is 391 g/mol. The second kappa shape index (κ2) is 7.13. The van der Waals surface area contributed by atoms with Crippen molar-refractivity contribution in [2.24, 2.45) is 0 Å². The van der Waals surface area contributed by atoms with Gasteiger partial charge in [-0.15, -0.1) is 0 Å². The second-order valence-corrected chi connectivity index (χ2v) is 6.75. The van der Waals surface area contributed by atoms with Crippen molar-refractivity contribution in [2.45, 2.75) is 12.5 Å². The van der Waals surface area contributed by atoms with E-state index in [4.69, 9.17) is 48.8 Å². The maximum atomic E-state index is 12.6. The summed E-state index contributed by atoms with van der Waals surface area (Å²) in [6, 6.07) is 3.04. The van der Waals surface area contributed by atoms with Gasteiger partial charge in [0, 0.05) is 30.8 Å². The van der Waals surface area contributed by atoms with E-state index in [0.717, 1.165) is 0 Å². The second-order valence-electron chi connectivity index (χ2n) is 5.50. The van der Waals surface area contributed by atoms with Crippen molar-refractivity contribution in [3.8, 4) is 11.3 Å². The van der Waals surface area contributed by atoms with Crippen LogP contribution in [-0.4, -0.2) is 37.9 Å². The van der Waals surface area contributed by atoms with Gasteiger partial charge in [-0.2, -0.15) is 0 Å². The Bertz CT molecular complexity index is 789. The molecule has 1 saturated heterocycles. The van der Waals surface area contributed by atoms with Crippen molar-refractivity contribution in [3.05, 3.63) is 38.5 Å². The number of nitrogens with zero attached hydrogens (tertiary/aromatic N) is 1. The van der Waals surface area contributed by atoms with Gasteiger partial charge < -0.3 is 19.3 Å². The van der Waals surface area contributed by atoms with Gasteiger partial charge >= 0.3 is 5.97 Å². The van der Waals surface area contributed by atoms with Crippen molar-refractivity contribution >= 4 is 40.8 Å². The van der Waals surface area contributed by atoms with Crippen LogP contribution in [0.5, 0.6) is 0 Å². The average Bonchev–Trinajstić information content (AvgIpc) is 2.91. The molecule has 0 aliphatic carbocycles. The van der Waals surface area contributed by atoms with Gasteiger partial charge in [0.15, 0.2) is 11.4 Å². The highest BCUT2D eigenvalue weighted by atomic mass is 35.5. The molecule has 1 N–H and O–H groups in total. The predicted octanol–water partition coefficient (Wildman–Crippen LogP) is 3.92. The number of methoxy groups -OCH3 is 1. The van der Waals surface area contributed by atoms with Crippen molar-refractivity contribution in [1.29, 1.82) is 0 Å². The van der Waals surface area contributed by atoms with Crippen molar-refractivity contribution in [3.63, 3.8) is 0 Å². The number of carbonyl (C=O) groups is 1. The summed E-state index contributed by atoms with van der Waals surface area (Å²) < 4.78 is 16.2. The molecule has 0 spiro atoms. The molecule has 1 aromatic heterocycles. The molecule has 0 saturated carbocycles. The first-order valence-corrected chi connectivity index (χ1v) is 8.65. The maximum Gasteiger partial charge on any atom is 0.344 e. The number of hydrogen-bond donors (Lipinski definition) is 1. The van der Waals surface area contributed by atoms with E-state index < -0.39 is 11.6 Å². The van der Waals surface area contributed by atoms with Gasteiger partial charge in [0.2, 0.25) is 0 Å². The minimum absolute atomic E-state index is 0.149. The van der Waals surface area contributed by atoms with Crippen LogP contribution < -0.4 is 5.32 Å². The lowest BCUT2D eigenvalue weighted by Gasteiger charge is -2.39.